The lowest BCUT2D eigenvalue weighted by Gasteiger charge is -2.50. The van der Waals surface area contributed by atoms with Crippen molar-refractivity contribution in [3.8, 4) is 11.5 Å². The van der Waals surface area contributed by atoms with Gasteiger partial charge in [0.1, 0.15) is 11.5 Å². The molecular weight excluding hydrogens is 594 g/mol. The third-order valence-electron chi connectivity index (χ3n) is 10.6. The fourth-order valence-corrected chi connectivity index (χ4v) is 8.69. The predicted octanol–water partition coefficient (Wildman–Crippen LogP) is 5.49. The molecule has 0 spiro atoms. The second-order valence-electron chi connectivity index (χ2n) is 14.2. The van der Waals surface area contributed by atoms with Gasteiger partial charge in [-0.25, -0.2) is 0 Å². The largest absolute Gasteiger partial charge is 0.508 e. The highest BCUT2D eigenvalue weighted by Crippen LogP contribution is 2.65. The average molecular weight is 634 g/mol. The molecule has 2 saturated heterocycles. The van der Waals surface area contributed by atoms with Gasteiger partial charge < -0.3 is 9.84 Å². The molecule has 7 rings (SSSR count). The van der Waals surface area contributed by atoms with Crippen molar-refractivity contribution in [2.45, 2.75) is 57.4 Å². The Kier molecular flexibility index (Phi) is 7.07. The van der Waals surface area contributed by atoms with Crippen molar-refractivity contribution in [3.05, 3.63) is 101 Å². The molecule has 9 heteroatoms. The minimum absolute atomic E-state index is 0.00478. The van der Waals surface area contributed by atoms with Crippen LogP contribution in [0.2, 0.25) is 0 Å². The van der Waals surface area contributed by atoms with E-state index in [1.54, 1.807) is 12.1 Å². The van der Waals surface area contributed by atoms with Crippen molar-refractivity contribution in [2.75, 3.05) is 12.5 Å². The maximum absolute atomic E-state index is 15.2. The Labute approximate surface area is 274 Å². The summed E-state index contributed by atoms with van der Waals surface area (Å²) in [6.45, 7) is 7.53. The van der Waals surface area contributed by atoms with Crippen molar-refractivity contribution in [2.24, 2.45) is 23.7 Å². The van der Waals surface area contributed by atoms with Crippen molar-refractivity contribution >= 4 is 29.3 Å². The molecule has 47 heavy (non-hydrogen) atoms. The standard InChI is InChI=1S/C38H39N3O6/c1-21-11-13-23(14-12-21)39-41-34(44)29-20-28-25(17-18-27-31(28)35(45)40(33(27)43)37(2,3)4)32(26-16-15-24(42)19-30(26)47-5)38(29,36(41)46)22-9-7-6-8-10-22/h6-17,19,27-29,31-32,39,42H,18,20H2,1-5H3. The number of nitrogens with one attached hydrogen (secondary N) is 1. The molecule has 2 aliphatic carbocycles. The highest BCUT2D eigenvalue weighted by atomic mass is 16.5. The topological polar surface area (TPSA) is 116 Å². The summed E-state index contributed by atoms with van der Waals surface area (Å²) in [7, 11) is 1.50. The number of benzene rings is 3. The van der Waals surface area contributed by atoms with Gasteiger partial charge in [-0.3, -0.25) is 29.5 Å². The zero-order valence-electron chi connectivity index (χ0n) is 27.2. The number of aromatic hydroxyl groups is 1. The van der Waals surface area contributed by atoms with Crippen molar-refractivity contribution in [1.82, 2.24) is 9.91 Å². The summed E-state index contributed by atoms with van der Waals surface area (Å²) >= 11 is 0. The maximum Gasteiger partial charge on any atom is 0.260 e. The number of carbonyl (C=O) groups is 4. The van der Waals surface area contributed by atoms with Crippen molar-refractivity contribution < 1.29 is 29.0 Å². The fourth-order valence-electron chi connectivity index (χ4n) is 8.69. The van der Waals surface area contributed by atoms with Crippen LogP contribution >= 0.6 is 0 Å². The lowest BCUT2D eigenvalue weighted by Crippen LogP contribution is -2.53. The Morgan fingerprint density at radius 3 is 2.26 bits per heavy atom. The molecule has 6 unspecified atom stereocenters. The van der Waals surface area contributed by atoms with Gasteiger partial charge in [-0.1, -0.05) is 65.7 Å². The van der Waals surface area contributed by atoms with E-state index in [1.807, 2.05) is 88.4 Å². The number of hydrogen-bond acceptors (Lipinski definition) is 7. The second-order valence-corrected chi connectivity index (χ2v) is 14.2. The van der Waals surface area contributed by atoms with Gasteiger partial charge in [0.05, 0.1) is 36.0 Å². The van der Waals surface area contributed by atoms with Gasteiger partial charge in [-0.2, -0.15) is 5.01 Å². The number of hydrogen-bond donors (Lipinski definition) is 2. The van der Waals surface area contributed by atoms with Crippen LogP contribution in [-0.4, -0.2) is 51.3 Å². The molecule has 6 atom stereocenters. The first-order valence-corrected chi connectivity index (χ1v) is 16.1. The van der Waals surface area contributed by atoms with E-state index in [0.717, 1.165) is 16.1 Å². The molecule has 3 aromatic rings. The van der Waals surface area contributed by atoms with Crippen LogP contribution in [0.4, 0.5) is 5.69 Å². The first kappa shape index (κ1) is 30.7. The molecule has 3 fully saturated rings. The number of nitrogens with zero attached hydrogens (tertiary/aromatic N) is 2. The van der Waals surface area contributed by atoms with Gasteiger partial charge in [-0.05, 0) is 70.2 Å². The molecule has 3 aromatic carbocycles. The van der Waals surface area contributed by atoms with Crippen LogP contribution in [0, 0.1) is 30.6 Å². The van der Waals surface area contributed by atoms with Gasteiger partial charge in [0.15, 0.2) is 0 Å². The van der Waals surface area contributed by atoms with Gasteiger partial charge in [0.2, 0.25) is 11.8 Å². The first-order chi connectivity index (χ1) is 22.4. The van der Waals surface area contributed by atoms with Crippen molar-refractivity contribution in [3.63, 3.8) is 0 Å². The SMILES string of the molecule is COc1cc(O)ccc1C1C2=CCC3C(=O)N(C(C)(C)C)C(=O)C3C2CC2C(=O)N(Nc3ccc(C)cc3)C(=O)C21c1ccccc1. The third kappa shape index (κ3) is 4.42. The Balaban J connectivity index is 1.47. The van der Waals surface area contributed by atoms with E-state index in [-0.39, 0.29) is 24.0 Å². The number of phenolic OH excluding ortho intramolecular Hbond substituents is 1. The van der Waals surface area contributed by atoms with E-state index >= 15 is 4.79 Å². The molecule has 0 aromatic heterocycles. The highest BCUT2D eigenvalue weighted by molar-refractivity contribution is 6.13. The van der Waals surface area contributed by atoms with E-state index in [0.29, 0.717) is 29.0 Å². The fraction of sp³-hybridized carbons (Fsp3) is 0.368. The number of aryl methyl sites for hydroxylation is 1. The number of phenols is 1. The van der Waals surface area contributed by atoms with Gasteiger partial charge in [0, 0.05) is 23.1 Å². The Morgan fingerprint density at radius 1 is 0.894 bits per heavy atom. The monoisotopic (exact) mass is 633 g/mol. The predicted molar refractivity (Wildman–Crippen MR) is 175 cm³/mol. The summed E-state index contributed by atoms with van der Waals surface area (Å²) in [5.41, 5.74) is 4.75. The summed E-state index contributed by atoms with van der Waals surface area (Å²) in [5, 5.41) is 11.6. The van der Waals surface area contributed by atoms with Crippen LogP contribution < -0.4 is 10.2 Å². The van der Waals surface area contributed by atoms with Crippen LogP contribution in [0.25, 0.3) is 0 Å². The Hall–Kier alpha value is -4.92. The Morgan fingerprint density at radius 2 is 1.60 bits per heavy atom. The summed E-state index contributed by atoms with van der Waals surface area (Å²) in [6.07, 6.45) is 2.58. The number of carbonyl (C=O) groups excluding carboxylic acids is 4. The number of anilines is 1. The highest BCUT2D eigenvalue weighted by Gasteiger charge is 2.71. The quantitative estimate of drug-likeness (QED) is 0.282. The molecule has 0 bridgehead atoms. The third-order valence-corrected chi connectivity index (χ3v) is 10.6. The molecule has 2 heterocycles. The summed E-state index contributed by atoms with van der Waals surface area (Å²) in [4.78, 5) is 59.3. The van der Waals surface area contributed by atoms with Gasteiger partial charge in [0.25, 0.3) is 11.8 Å². The number of ether oxygens (including phenoxy) is 1. The normalized spacial score (nSPS) is 28.5. The second kappa shape index (κ2) is 10.8. The first-order valence-electron chi connectivity index (χ1n) is 16.1. The van der Waals surface area contributed by atoms with E-state index < -0.39 is 52.4 Å². The number of hydrazine groups is 1. The van der Waals surface area contributed by atoms with Gasteiger partial charge >= 0.3 is 0 Å². The molecule has 2 aliphatic heterocycles. The lowest BCUT2D eigenvalue weighted by atomic mass is 9.49. The van der Waals surface area contributed by atoms with E-state index in [4.69, 9.17) is 4.74 Å². The van der Waals surface area contributed by atoms with Crippen LogP contribution in [0.15, 0.2) is 84.4 Å². The molecule has 242 valence electrons. The molecule has 2 N–H and O–H groups in total. The number of methoxy groups -OCH3 is 1. The Bertz CT molecular complexity index is 1830. The van der Waals surface area contributed by atoms with Gasteiger partial charge in [-0.15, -0.1) is 0 Å². The zero-order valence-corrected chi connectivity index (χ0v) is 27.2. The number of allylic oxidation sites excluding steroid dienone is 2. The lowest BCUT2D eigenvalue weighted by molar-refractivity contribution is -0.146. The number of likely N-dealkylation sites (tertiary alicyclic amines) is 1. The molecule has 9 nitrogen and oxygen atoms in total. The van der Waals surface area contributed by atoms with Crippen LogP contribution in [0.5, 0.6) is 11.5 Å². The molecule has 1 saturated carbocycles. The minimum Gasteiger partial charge on any atom is -0.508 e. The minimum atomic E-state index is -1.41. The van der Waals surface area contributed by atoms with E-state index in [2.05, 4.69) is 5.43 Å². The number of fused-ring (bicyclic) bond motifs is 4. The molecule has 4 aliphatic rings. The van der Waals surface area contributed by atoms with E-state index in [9.17, 15) is 19.5 Å². The molecule has 4 amide bonds. The zero-order chi connectivity index (χ0) is 33.4. The maximum atomic E-state index is 15.2. The summed E-state index contributed by atoms with van der Waals surface area (Å²) in [5.74, 6) is -4.17. The van der Waals surface area contributed by atoms with Crippen molar-refractivity contribution in [1.29, 1.82) is 0 Å². The van der Waals surface area contributed by atoms with Crippen LogP contribution in [-0.2, 0) is 24.6 Å². The smallest absolute Gasteiger partial charge is 0.260 e. The molecular formula is C38H39N3O6. The van der Waals surface area contributed by atoms with Crippen LogP contribution in [0.1, 0.15) is 56.2 Å². The van der Waals surface area contributed by atoms with E-state index in [1.165, 1.54) is 18.1 Å². The van der Waals surface area contributed by atoms with Crippen LogP contribution in [0.3, 0.4) is 0 Å². The number of amides is 4. The molecule has 0 radical (unpaired) electrons. The number of rotatable bonds is 5. The number of imide groups is 2. The summed E-state index contributed by atoms with van der Waals surface area (Å²) < 4.78 is 5.83. The average Bonchev–Trinajstić information content (AvgIpc) is 3.43. The summed E-state index contributed by atoms with van der Waals surface area (Å²) in [6, 6.07) is 21.6.